The van der Waals surface area contributed by atoms with E-state index in [1.165, 1.54) is 4.68 Å². The van der Waals surface area contributed by atoms with Crippen molar-refractivity contribution in [2.75, 3.05) is 0 Å². The fraction of sp³-hybridized carbons (Fsp3) is 0.238. The van der Waals surface area contributed by atoms with Gasteiger partial charge in [-0.2, -0.15) is 5.10 Å². The number of hydrogen-bond acceptors (Lipinski definition) is 6. The number of ether oxygens (including phenoxy) is 2. The van der Waals surface area contributed by atoms with Crippen LogP contribution in [0.15, 0.2) is 59.4 Å². The zero-order valence-electron chi connectivity index (χ0n) is 15.2. The first-order chi connectivity index (χ1) is 13.5. The number of hydrogen-bond donors (Lipinski definition) is 0. The van der Waals surface area contributed by atoms with Gasteiger partial charge in [-0.15, -0.1) is 0 Å². The Morgan fingerprint density at radius 1 is 1.11 bits per heavy atom. The van der Waals surface area contributed by atoms with Crippen LogP contribution in [-0.4, -0.2) is 33.9 Å². The van der Waals surface area contributed by atoms with Crippen molar-refractivity contribution in [3.05, 3.63) is 76.2 Å². The first-order valence-electron chi connectivity index (χ1n) is 8.98. The minimum atomic E-state index is -0.961. The van der Waals surface area contributed by atoms with Crippen LogP contribution in [0.2, 0.25) is 0 Å². The van der Waals surface area contributed by atoms with Gasteiger partial charge in [-0.3, -0.25) is 4.79 Å². The Morgan fingerprint density at radius 3 is 2.46 bits per heavy atom. The second-order valence-corrected chi connectivity index (χ2v) is 6.72. The molecule has 1 aromatic heterocycles. The smallest absolute Gasteiger partial charge is 0.360 e. The Bertz CT molecular complexity index is 1110. The lowest BCUT2D eigenvalue weighted by molar-refractivity contribution is -0.147. The summed E-state index contributed by atoms with van der Waals surface area (Å²) in [5, 5.41) is 5.01. The Kier molecular flexibility index (Phi) is 4.65. The number of aromatic nitrogens is 2. The Labute approximate surface area is 160 Å². The molecular formula is C21H18N2O5. The van der Waals surface area contributed by atoms with Gasteiger partial charge in [0.15, 0.2) is 5.69 Å². The molecule has 1 aliphatic heterocycles. The van der Waals surface area contributed by atoms with E-state index in [2.05, 4.69) is 5.10 Å². The highest BCUT2D eigenvalue weighted by Crippen LogP contribution is 2.21. The van der Waals surface area contributed by atoms with Crippen molar-refractivity contribution in [2.24, 2.45) is 0 Å². The molecule has 1 fully saturated rings. The van der Waals surface area contributed by atoms with Gasteiger partial charge in [-0.05, 0) is 18.6 Å². The maximum Gasteiger partial charge on any atom is 0.360 e. The van der Waals surface area contributed by atoms with E-state index in [9.17, 15) is 14.4 Å². The highest BCUT2D eigenvalue weighted by atomic mass is 16.6. The molecule has 2 heterocycles. The normalized spacial score (nSPS) is 18.8. The molecule has 7 nitrogen and oxygen atoms in total. The monoisotopic (exact) mass is 378 g/mol. The van der Waals surface area contributed by atoms with Crippen molar-refractivity contribution >= 4 is 22.7 Å². The van der Waals surface area contributed by atoms with Crippen molar-refractivity contribution in [1.29, 1.82) is 0 Å². The van der Waals surface area contributed by atoms with Crippen molar-refractivity contribution in [3.8, 4) is 0 Å². The summed E-state index contributed by atoms with van der Waals surface area (Å²) in [5.41, 5.74) is 0.572. The summed E-state index contributed by atoms with van der Waals surface area (Å²) in [5.74, 6) is -1.32. The third kappa shape index (κ3) is 3.38. The molecule has 0 saturated carbocycles. The summed E-state index contributed by atoms with van der Waals surface area (Å²) in [6.07, 6.45) is -0.966. The summed E-state index contributed by atoms with van der Waals surface area (Å²) in [7, 11) is 0. The van der Waals surface area contributed by atoms with Crippen molar-refractivity contribution in [1.82, 2.24) is 9.78 Å². The van der Waals surface area contributed by atoms with Crippen LogP contribution in [0.25, 0.3) is 10.8 Å². The summed E-state index contributed by atoms with van der Waals surface area (Å²) in [4.78, 5) is 37.4. The largest absolute Gasteiger partial charge is 0.460 e. The number of cyclic esters (lactones) is 1. The zero-order chi connectivity index (χ0) is 19.7. The lowest BCUT2D eigenvalue weighted by atomic mass is 10.1. The molecule has 0 amide bonds. The number of esters is 2. The third-order valence-corrected chi connectivity index (χ3v) is 4.61. The number of fused-ring (bicyclic) bond motifs is 1. The van der Waals surface area contributed by atoms with Crippen molar-refractivity contribution in [3.63, 3.8) is 0 Å². The second-order valence-electron chi connectivity index (χ2n) is 6.72. The quantitative estimate of drug-likeness (QED) is 0.648. The minimum absolute atomic E-state index is 0.00140. The molecule has 1 saturated heterocycles. The summed E-state index contributed by atoms with van der Waals surface area (Å²) in [6.45, 7) is 1.95. The molecule has 0 aliphatic carbocycles. The summed E-state index contributed by atoms with van der Waals surface area (Å²) < 4.78 is 11.6. The van der Waals surface area contributed by atoms with Gasteiger partial charge in [0.05, 0.1) is 11.9 Å². The van der Waals surface area contributed by atoms with E-state index in [1.54, 1.807) is 31.2 Å². The summed E-state index contributed by atoms with van der Waals surface area (Å²) >= 11 is 0. The van der Waals surface area contributed by atoms with E-state index >= 15 is 0 Å². The molecule has 3 aromatic rings. The molecule has 7 heteroatoms. The van der Waals surface area contributed by atoms with Crippen LogP contribution in [0.1, 0.15) is 29.4 Å². The molecule has 0 unspecified atom stereocenters. The fourth-order valence-electron chi connectivity index (χ4n) is 3.25. The SMILES string of the molecule is C[C@H]1C[C@@H](OC(=O)c2nn(Cc3ccccc3)c(=O)c3ccccc23)C(=O)O1. The first kappa shape index (κ1) is 17.9. The number of rotatable bonds is 4. The molecule has 0 radical (unpaired) electrons. The Hall–Kier alpha value is -3.48. The molecular weight excluding hydrogens is 360 g/mol. The van der Waals surface area contributed by atoms with Crippen LogP contribution in [0, 0.1) is 0 Å². The predicted molar refractivity (Wildman–Crippen MR) is 101 cm³/mol. The molecule has 0 N–H and O–H groups in total. The van der Waals surface area contributed by atoms with Gasteiger partial charge < -0.3 is 9.47 Å². The molecule has 0 spiro atoms. The molecule has 4 rings (SSSR count). The van der Waals surface area contributed by atoms with Crippen molar-refractivity contribution < 1.29 is 19.1 Å². The van der Waals surface area contributed by atoms with E-state index < -0.39 is 18.0 Å². The molecule has 0 bridgehead atoms. The number of nitrogens with zero attached hydrogens (tertiary/aromatic N) is 2. The highest BCUT2D eigenvalue weighted by molar-refractivity contribution is 6.02. The van der Waals surface area contributed by atoms with E-state index in [1.807, 2.05) is 30.3 Å². The topological polar surface area (TPSA) is 87.5 Å². The molecule has 28 heavy (non-hydrogen) atoms. The highest BCUT2D eigenvalue weighted by Gasteiger charge is 2.36. The predicted octanol–water partition coefficient (Wildman–Crippen LogP) is 2.31. The van der Waals surface area contributed by atoms with E-state index in [4.69, 9.17) is 9.47 Å². The maximum atomic E-state index is 12.8. The lowest BCUT2D eigenvalue weighted by Crippen LogP contribution is -2.29. The zero-order valence-corrected chi connectivity index (χ0v) is 15.2. The van der Waals surface area contributed by atoms with Gasteiger partial charge in [0.2, 0.25) is 6.10 Å². The van der Waals surface area contributed by atoms with Crippen LogP contribution in [0.4, 0.5) is 0 Å². The van der Waals surface area contributed by atoms with Crippen LogP contribution < -0.4 is 5.56 Å². The second kappa shape index (κ2) is 7.26. The van der Waals surface area contributed by atoms with E-state index in [0.29, 0.717) is 17.2 Å². The minimum Gasteiger partial charge on any atom is -0.460 e. The molecule has 2 atom stereocenters. The Morgan fingerprint density at radius 2 is 1.79 bits per heavy atom. The molecule has 142 valence electrons. The average molecular weight is 378 g/mol. The van der Waals surface area contributed by atoms with Crippen LogP contribution >= 0.6 is 0 Å². The number of benzene rings is 2. The first-order valence-corrected chi connectivity index (χ1v) is 8.98. The van der Waals surface area contributed by atoms with Crippen LogP contribution in [-0.2, 0) is 20.8 Å². The summed E-state index contributed by atoms with van der Waals surface area (Å²) in [6, 6.07) is 16.1. The van der Waals surface area contributed by atoms with Gasteiger partial charge >= 0.3 is 11.9 Å². The van der Waals surface area contributed by atoms with Crippen LogP contribution in [0.5, 0.6) is 0 Å². The Balaban J connectivity index is 1.74. The molecule has 1 aliphatic rings. The van der Waals surface area contributed by atoms with Gasteiger partial charge in [-0.25, -0.2) is 14.3 Å². The molecule has 2 aromatic carbocycles. The lowest BCUT2D eigenvalue weighted by Gasteiger charge is -2.12. The fourth-order valence-corrected chi connectivity index (χ4v) is 3.25. The van der Waals surface area contributed by atoms with Crippen molar-refractivity contribution in [2.45, 2.75) is 32.1 Å². The number of carbonyl (C=O) groups excluding carboxylic acids is 2. The third-order valence-electron chi connectivity index (χ3n) is 4.61. The van der Waals surface area contributed by atoms with E-state index in [-0.39, 0.29) is 23.9 Å². The maximum absolute atomic E-state index is 12.8. The average Bonchev–Trinajstić information content (AvgIpc) is 3.01. The van der Waals surface area contributed by atoms with Crippen LogP contribution in [0.3, 0.4) is 0 Å². The van der Waals surface area contributed by atoms with Gasteiger partial charge in [0, 0.05) is 11.8 Å². The van der Waals surface area contributed by atoms with Gasteiger partial charge in [0.25, 0.3) is 5.56 Å². The number of carbonyl (C=O) groups is 2. The standard InChI is InChI=1S/C21H18N2O5/c1-13-11-17(20(25)27-13)28-21(26)18-15-9-5-6-10-16(15)19(24)23(22-18)12-14-7-3-2-4-8-14/h2-10,13,17H,11-12H2,1H3/t13-,17+/m0/s1. The van der Waals surface area contributed by atoms with Gasteiger partial charge in [-0.1, -0.05) is 48.5 Å². The van der Waals surface area contributed by atoms with E-state index in [0.717, 1.165) is 5.56 Å². The van der Waals surface area contributed by atoms with Gasteiger partial charge in [0.1, 0.15) is 6.10 Å².